The number of carbonyl (C=O) groups excluding carboxylic acids is 1. The molecule has 3 heteroatoms. The van der Waals surface area contributed by atoms with Crippen LogP contribution in [0.4, 0.5) is 0 Å². The van der Waals surface area contributed by atoms with Crippen LogP contribution in [0.5, 0.6) is 11.5 Å². The minimum absolute atomic E-state index is 0.0422. The number of carbonyl (C=O) groups is 1. The summed E-state index contributed by atoms with van der Waals surface area (Å²) < 4.78 is 10.5. The first-order valence-corrected chi connectivity index (χ1v) is 8.31. The predicted molar refractivity (Wildman–Crippen MR) is 105 cm³/mol. The van der Waals surface area contributed by atoms with Gasteiger partial charge < -0.3 is 9.47 Å². The van der Waals surface area contributed by atoms with Crippen molar-refractivity contribution in [2.75, 3.05) is 14.2 Å². The molecule has 0 saturated carbocycles. The molecule has 0 saturated heterocycles. The lowest BCUT2D eigenvalue weighted by molar-refractivity contribution is 0.104. The van der Waals surface area contributed by atoms with Gasteiger partial charge in [-0.3, -0.25) is 4.79 Å². The fourth-order valence-electron chi connectivity index (χ4n) is 2.68. The molecule has 0 aromatic heterocycles. The Hall–Kier alpha value is -3.33. The molecule has 0 aliphatic carbocycles. The first kappa shape index (κ1) is 17.5. The average molecular weight is 344 g/mol. The van der Waals surface area contributed by atoms with E-state index in [4.69, 9.17) is 9.47 Å². The fourth-order valence-corrected chi connectivity index (χ4v) is 2.68. The lowest BCUT2D eigenvalue weighted by Gasteiger charge is -2.07. The van der Waals surface area contributed by atoms with Gasteiger partial charge in [0.25, 0.3) is 0 Å². The zero-order valence-electron chi connectivity index (χ0n) is 14.8. The van der Waals surface area contributed by atoms with Crippen LogP contribution < -0.4 is 9.47 Å². The van der Waals surface area contributed by atoms with Gasteiger partial charge in [0.1, 0.15) is 0 Å². The molecule has 3 aromatic rings. The van der Waals surface area contributed by atoms with Gasteiger partial charge in [0.2, 0.25) is 0 Å². The highest BCUT2D eigenvalue weighted by Crippen LogP contribution is 2.28. The van der Waals surface area contributed by atoms with Crippen LogP contribution in [0.2, 0.25) is 0 Å². The van der Waals surface area contributed by atoms with Crippen LogP contribution in [0, 0.1) is 0 Å². The van der Waals surface area contributed by atoms with Crippen molar-refractivity contribution in [3.63, 3.8) is 0 Å². The van der Waals surface area contributed by atoms with E-state index in [1.165, 1.54) is 0 Å². The van der Waals surface area contributed by atoms with E-state index in [1.54, 1.807) is 26.4 Å². The van der Waals surface area contributed by atoms with Gasteiger partial charge in [-0.2, -0.15) is 0 Å². The standard InChI is InChI=1S/C23H20O3/c1-25-22-15-9-17(16-23(22)26-2)8-14-21(24)20-12-10-19(11-13-20)18-6-4-3-5-7-18/h3-16H,1-2H3/b14-8-. The van der Waals surface area contributed by atoms with Crippen LogP contribution in [-0.2, 0) is 0 Å². The highest BCUT2D eigenvalue weighted by atomic mass is 16.5. The van der Waals surface area contributed by atoms with Crippen LogP contribution >= 0.6 is 0 Å². The van der Waals surface area contributed by atoms with Crippen LogP contribution in [0.15, 0.2) is 78.9 Å². The summed E-state index contributed by atoms with van der Waals surface area (Å²) in [5, 5.41) is 0. The molecular formula is C23H20O3. The van der Waals surface area contributed by atoms with Crippen LogP contribution in [0.3, 0.4) is 0 Å². The minimum Gasteiger partial charge on any atom is -0.493 e. The van der Waals surface area contributed by atoms with E-state index in [1.807, 2.05) is 72.8 Å². The second-order valence-electron chi connectivity index (χ2n) is 5.76. The van der Waals surface area contributed by atoms with Crippen molar-refractivity contribution in [1.29, 1.82) is 0 Å². The zero-order valence-corrected chi connectivity index (χ0v) is 14.8. The van der Waals surface area contributed by atoms with E-state index >= 15 is 0 Å². The molecule has 3 aromatic carbocycles. The maximum atomic E-state index is 12.4. The van der Waals surface area contributed by atoms with Gasteiger partial charge in [-0.1, -0.05) is 66.7 Å². The third-order valence-electron chi connectivity index (χ3n) is 4.11. The number of methoxy groups -OCH3 is 2. The lowest BCUT2D eigenvalue weighted by atomic mass is 10.0. The van der Waals surface area contributed by atoms with Crippen molar-refractivity contribution in [3.05, 3.63) is 90.0 Å². The predicted octanol–water partition coefficient (Wildman–Crippen LogP) is 5.27. The number of hydrogen-bond acceptors (Lipinski definition) is 3. The van der Waals surface area contributed by atoms with E-state index in [-0.39, 0.29) is 5.78 Å². The Kier molecular flexibility index (Phi) is 5.49. The first-order chi connectivity index (χ1) is 12.7. The smallest absolute Gasteiger partial charge is 0.185 e. The van der Waals surface area contributed by atoms with E-state index in [0.29, 0.717) is 17.1 Å². The quantitative estimate of drug-likeness (QED) is 0.451. The van der Waals surface area contributed by atoms with Crippen molar-refractivity contribution in [1.82, 2.24) is 0 Å². The highest BCUT2D eigenvalue weighted by Gasteiger charge is 2.05. The fraction of sp³-hybridized carbons (Fsp3) is 0.0870. The molecule has 0 unspecified atom stereocenters. The molecule has 3 rings (SSSR count). The summed E-state index contributed by atoms with van der Waals surface area (Å²) in [6, 6.07) is 23.2. The topological polar surface area (TPSA) is 35.5 Å². The Morgan fingerprint density at radius 3 is 2.08 bits per heavy atom. The SMILES string of the molecule is COc1ccc(/C=C\C(=O)c2ccc(-c3ccccc3)cc2)cc1OC. The van der Waals surface area contributed by atoms with Gasteiger partial charge in [-0.05, 0) is 34.9 Å². The summed E-state index contributed by atoms with van der Waals surface area (Å²) in [6.45, 7) is 0. The summed E-state index contributed by atoms with van der Waals surface area (Å²) in [4.78, 5) is 12.4. The van der Waals surface area contributed by atoms with E-state index in [9.17, 15) is 4.79 Å². The Bertz CT molecular complexity index is 910. The average Bonchev–Trinajstić information content (AvgIpc) is 2.72. The molecule has 0 spiro atoms. The molecule has 0 aliphatic rings. The Morgan fingerprint density at radius 2 is 1.42 bits per heavy atom. The summed E-state index contributed by atoms with van der Waals surface area (Å²) in [7, 11) is 3.18. The monoisotopic (exact) mass is 344 g/mol. The van der Waals surface area contributed by atoms with Crippen molar-refractivity contribution < 1.29 is 14.3 Å². The zero-order chi connectivity index (χ0) is 18.4. The summed E-state index contributed by atoms with van der Waals surface area (Å²) in [6.07, 6.45) is 3.34. The minimum atomic E-state index is -0.0422. The summed E-state index contributed by atoms with van der Waals surface area (Å²) >= 11 is 0. The first-order valence-electron chi connectivity index (χ1n) is 8.31. The Balaban J connectivity index is 1.74. The maximum Gasteiger partial charge on any atom is 0.185 e. The molecule has 0 heterocycles. The Labute approximate surface area is 153 Å². The van der Waals surface area contributed by atoms with Crippen molar-refractivity contribution in [3.8, 4) is 22.6 Å². The molecule has 26 heavy (non-hydrogen) atoms. The summed E-state index contributed by atoms with van der Waals surface area (Å²) in [5.41, 5.74) is 3.75. The van der Waals surface area contributed by atoms with E-state index in [2.05, 4.69) is 0 Å². The van der Waals surface area contributed by atoms with Crippen molar-refractivity contribution >= 4 is 11.9 Å². The number of ketones is 1. The number of allylic oxidation sites excluding steroid dienone is 1. The van der Waals surface area contributed by atoms with E-state index in [0.717, 1.165) is 16.7 Å². The van der Waals surface area contributed by atoms with Gasteiger partial charge in [0, 0.05) is 5.56 Å². The molecule has 3 nitrogen and oxygen atoms in total. The number of hydrogen-bond donors (Lipinski definition) is 0. The third kappa shape index (κ3) is 4.01. The second-order valence-corrected chi connectivity index (χ2v) is 5.76. The second kappa shape index (κ2) is 8.17. The molecule has 0 radical (unpaired) electrons. The molecule has 0 fully saturated rings. The van der Waals surface area contributed by atoms with Gasteiger partial charge >= 0.3 is 0 Å². The molecule has 0 amide bonds. The van der Waals surface area contributed by atoms with Crippen LogP contribution in [0.25, 0.3) is 17.2 Å². The normalized spacial score (nSPS) is 10.7. The molecular weight excluding hydrogens is 324 g/mol. The van der Waals surface area contributed by atoms with Crippen molar-refractivity contribution in [2.24, 2.45) is 0 Å². The molecule has 0 N–H and O–H groups in total. The highest BCUT2D eigenvalue weighted by molar-refractivity contribution is 6.07. The van der Waals surface area contributed by atoms with E-state index < -0.39 is 0 Å². The Morgan fingerprint density at radius 1 is 0.769 bits per heavy atom. The largest absolute Gasteiger partial charge is 0.493 e. The van der Waals surface area contributed by atoms with Gasteiger partial charge in [-0.15, -0.1) is 0 Å². The maximum absolute atomic E-state index is 12.4. The van der Waals surface area contributed by atoms with Crippen LogP contribution in [-0.4, -0.2) is 20.0 Å². The molecule has 130 valence electrons. The number of rotatable bonds is 6. The number of ether oxygens (including phenoxy) is 2. The summed E-state index contributed by atoms with van der Waals surface area (Å²) in [5.74, 6) is 1.25. The van der Waals surface area contributed by atoms with Gasteiger partial charge in [0.05, 0.1) is 14.2 Å². The van der Waals surface area contributed by atoms with Crippen molar-refractivity contribution in [2.45, 2.75) is 0 Å². The van der Waals surface area contributed by atoms with Gasteiger partial charge in [0.15, 0.2) is 17.3 Å². The third-order valence-corrected chi connectivity index (χ3v) is 4.11. The van der Waals surface area contributed by atoms with Crippen LogP contribution in [0.1, 0.15) is 15.9 Å². The molecule has 0 aliphatic heterocycles. The lowest BCUT2D eigenvalue weighted by Crippen LogP contribution is -1.94. The van der Waals surface area contributed by atoms with Gasteiger partial charge in [-0.25, -0.2) is 0 Å². The molecule has 0 atom stereocenters. The number of benzene rings is 3. The molecule has 0 bridgehead atoms.